The van der Waals surface area contributed by atoms with Crippen LogP contribution in [0.5, 0.6) is 11.6 Å². The van der Waals surface area contributed by atoms with E-state index in [1.54, 1.807) is 30.5 Å². The Morgan fingerprint density at radius 3 is 2.63 bits per heavy atom. The molecule has 11 heteroatoms. The molecule has 3 aromatic rings. The molecule has 0 bridgehead atoms. The van der Waals surface area contributed by atoms with Crippen LogP contribution in [0.2, 0.25) is 10.0 Å². The topological polar surface area (TPSA) is 101 Å². The third-order valence-electron chi connectivity index (χ3n) is 6.28. The normalized spacial score (nSPS) is 17.3. The monoisotopic (exact) mass is 534 g/mol. The minimum absolute atomic E-state index is 0.0144. The highest BCUT2D eigenvalue weighted by Crippen LogP contribution is 2.38. The van der Waals surface area contributed by atoms with Gasteiger partial charge in [0.2, 0.25) is 5.88 Å². The lowest BCUT2D eigenvalue weighted by molar-refractivity contribution is 0.0981. The summed E-state index contributed by atoms with van der Waals surface area (Å²) in [5.74, 6) is 0.267. The number of sulfonamides is 1. The maximum absolute atomic E-state index is 13.1. The highest BCUT2D eigenvalue weighted by Gasteiger charge is 2.40. The van der Waals surface area contributed by atoms with Crippen molar-refractivity contribution >= 4 is 45.0 Å². The van der Waals surface area contributed by atoms with Crippen molar-refractivity contribution in [3.05, 3.63) is 70.3 Å². The van der Waals surface area contributed by atoms with E-state index >= 15 is 0 Å². The number of pyridine rings is 2. The molecular formula is C24H24Cl2N4O4S. The van der Waals surface area contributed by atoms with E-state index in [9.17, 15) is 13.2 Å². The molecule has 184 valence electrons. The van der Waals surface area contributed by atoms with Gasteiger partial charge in [0.15, 0.2) is 5.03 Å². The number of hydrogen-bond acceptors (Lipinski definition) is 7. The zero-order valence-corrected chi connectivity index (χ0v) is 21.7. The zero-order chi connectivity index (χ0) is 25.4. The van der Waals surface area contributed by atoms with Gasteiger partial charge < -0.3 is 9.64 Å². The number of carbonyl (C=O) groups excluding carboxylic acids is 1. The molecule has 4 rings (SSSR count). The molecule has 1 aromatic carbocycles. The fourth-order valence-electron chi connectivity index (χ4n) is 3.90. The Balaban J connectivity index is 1.58. The molecule has 1 aliphatic rings. The van der Waals surface area contributed by atoms with Gasteiger partial charge in [-0.3, -0.25) is 4.79 Å². The van der Waals surface area contributed by atoms with E-state index in [0.717, 1.165) is 6.42 Å². The highest BCUT2D eigenvalue weighted by atomic mass is 35.5. The zero-order valence-electron chi connectivity index (χ0n) is 19.3. The van der Waals surface area contributed by atoms with Crippen LogP contribution in [0, 0.1) is 5.92 Å². The predicted octanol–water partition coefficient (Wildman–Crippen LogP) is 5.32. The molecule has 1 aliphatic heterocycles. The Hall–Kier alpha value is -2.88. The molecular weight excluding hydrogens is 511 g/mol. The third-order valence-corrected chi connectivity index (χ3v) is 8.05. The first-order valence-electron chi connectivity index (χ1n) is 10.9. The number of anilines is 1. The Labute approximate surface area is 214 Å². The van der Waals surface area contributed by atoms with E-state index in [-0.39, 0.29) is 32.8 Å². The number of carbonyl (C=O) groups is 1. The average Bonchev–Trinajstić information content (AvgIpc) is 3.07. The van der Waals surface area contributed by atoms with Crippen molar-refractivity contribution in [2.45, 2.75) is 37.8 Å². The minimum Gasteiger partial charge on any atom is -0.437 e. The molecule has 1 saturated heterocycles. The number of ether oxygens (including phenoxy) is 1. The summed E-state index contributed by atoms with van der Waals surface area (Å²) in [6.07, 6.45) is 2.53. The maximum atomic E-state index is 13.1. The summed E-state index contributed by atoms with van der Waals surface area (Å²) in [5.41, 5.74) is -0.0723. The Bertz CT molecular complexity index is 1380. The van der Waals surface area contributed by atoms with Crippen LogP contribution < -0.4 is 14.4 Å². The van der Waals surface area contributed by atoms with E-state index < -0.39 is 15.9 Å². The number of aromatic nitrogens is 2. The number of nitrogens with one attached hydrogen (secondary N) is 1. The Morgan fingerprint density at radius 1 is 1.17 bits per heavy atom. The van der Waals surface area contributed by atoms with E-state index in [1.165, 1.54) is 24.3 Å². The van der Waals surface area contributed by atoms with Crippen molar-refractivity contribution in [1.29, 1.82) is 0 Å². The van der Waals surface area contributed by atoms with Crippen molar-refractivity contribution in [2.75, 3.05) is 11.4 Å². The maximum Gasteiger partial charge on any atom is 0.281 e. The lowest BCUT2D eigenvalue weighted by Gasteiger charge is -2.36. The minimum atomic E-state index is -4.31. The first-order valence-corrected chi connectivity index (χ1v) is 13.1. The fourth-order valence-corrected chi connectivity index (χ4v) is 5.27. The van der Waals surface area contributed by atoms with Gasteiger partial charge in [0.05, 0.1) is 10.6 Å². The van der Waals surface area contributed by atoms with Crippen LogP contribution in [0.15, 0.2) is 59.8 Å². The fraction of sp³-hybridized carbons (Fsp3) is 0.292. The Morgan fingerprint density at radius 2 is 1.94 bits per heavy atom. The number of hydrogen-bond donors (Lipinski definition) is 1. The molecule has 1 N–H and O–H groups in total. The van der Waals surface area contributed by atoms with Crippen LogP contribution in [-0.2, 0) is 10.0 Å². The second-order valence-corrected chi connectivity index (χ2v) is 11.3. The van der Waals surface area contributed by atoms with Gasteiger partial charge in [0.25, 0.3) is 15.9 Å². The Kier molecular flexibility index (Phi) is 6.95. The molecule has 1 amide bonds. The molecule has 0 radical (unpaired) electrons. The van der Waals surface area contributed by atoms with Crippen molar-refractivity contribution in [3.63, 3.8) is 0 Å². The lowest BCUT2D eigenvalue weighted by Crippen LogP contribution is -2.43. The third kappa shape index (κ3) is 5.22. The summed E-state index contributed by atoms with van der Waals surface area (Å²) in [4.78, 5) is 23.6. The molecule has 1 unspecified atom stereocenters. The lowest BCUT2D eigenvalue weighted by atomic mass is 9.90. The van der Waals surface area contributed by atoms with Crippen molar-refractivity contribution in [3.8, 4) is 11.6 Å². The predicted molar refractivity (Wildman–Crippen MR) is 135 cm³/mol. The van der Waals surface area contributed by atoms with E-state index in [2.05, 4.69) is 35.5 Å². The largest absolute Gasteiger partial charge is 0.437 e. The number of halogens is 2. The number of benzene rings is 1. The van der Waals surface area contributed by atoms with Crippen LogP contribution in [0.4, 0.5) is 5.82 Å². The summed E-state index contributed by atoms with van der Waals surface area (Å²) in [5, 5.41) is 0.286. The van der Waals surface area contributed by atoms with E-state index in [0.29, 0.717) is 23.3 Å². The van der Waals surface area contributed by atoms with Gasteiger partial charge in [-0.15, -0.1) is 0 Å². The molecule has 0 saturated carbocycles. The van der Waals surface area contributed by atoms with Crippen molar-refractivity contribution in [1.82, 2.24) is 14.7 Å². The van der Waals surface area contributed by atoms with Gasteiger partial charge >= 0.3 is 0 Å². The summed E-state index contributed by atoms with van der Waals surface area (Å²) >= 11 is 12.0. The average molecular weight is 535 g/mol. The number of amides is 1. The SMILES string of the molecule is CC1CCN(c2ncccc2C(=O)NS(=O)(=O)c2cccc(Oc3ccc(Cl)cc3Cl)n2)C1(C)C. The summed E-state index contributed by atoms with van der Waals surface area (Å²) in [6, 6.07) is 12.0. The molecule has 2 aromatic heterocycles. The van der Waals surface area contributed by atoms with Crippen molar-refractivity contribution in [2.24, 2.45) is 5.92 Å². The molecule has 3 heterocycles. The highest BCUT2D eigenvalue weighted by molar-refractivity contribution is 7.90. The van der Waals surface area contributed by atoms with Crippen LogP contribution >= 0.6 is 23.2 Å². The molecule has 0 aliphatic carbocycles. The van der Waals surface area contributed by atoms with Crippen LogP contribution in [0.3, 0.4) is 0 Å². The number of rotatable bonds is 6. The smallest absolute Gasteiger partial charge is 0.281 e. The van der Waals surface area contributed by atoms with Gasteiger partial charge in [0.1, 0.15) is 11.6 Å². The van der Waals surface area contributed by atoms with Gasteiger partial charge in [-0.2, -0.15) is 13.4 Å². The number of nitrogens with zero attached hydrogens (tertiary/aromatic N) is 3. The van der Waals surface area contributed by atoms with Gasteiger partial charge in [0, 0.05) is 29.4 Å². The van der Waals surface area contributed by atoms with Gasteiger partial charge in [-0.05, 0) is 62.6 Å². The molecule has 0 spiro atoms. The molecule has 1 atom stereocenters. The van der Waals surface area contributed by atoms with E-state index in [4.69, 9.17) is 27.9 Å². The molecule has 1 fully saturated rings. The van der Waals surface area contributed by atoms with Gasteiger partial charge in [-0.1, -0.05) is 36.2 Å². The first kappa shape index (κ1) is 25.2. The van der Waals surface area contributed by atoms with Crippen LogP contribution in [0.1, 0.15) is 37.6 Å². The first-order chi connectivity index (χ1) is 16.5. The van der Waals surface area contributed by atoms with Gasteiger partial charge in [-0.25, -0.2) is 9.71 Å². The van der Waals surface area contributed by atoms with E-state index in [1.807, 2.05) is 4.90 Å². The van der Waals surface area contributed by atoms with Crippen LogP contribution in [0.25, 0.3) is 0 Å². The quantitative estimate of drug-likeness (QED) is 0.456. The second kappa shape index (κ2) is 9.64. The molecule has 8 nitrogen and oxygen atoms in total. The van der Waals surface area contributed by atoms with Crippen LogP contribution in [-0.4, -0.2) is 36.4 Å². The summed E-state index contributed by atoms with van der Waals surface area (Å²) in [7, 11) is -4.31. The summed E-state index contributed by atoms with van der Waals surface area (Å²) < 4.78 is 33.8. The summed E-state index contributed by atoms with van der Waals surface area (Å²) in [6.45, 7) is 7.03. The molecule has 35 heavy (non-hydrogen) atoms. The van der Waals surface area contributed by atoms with Crippen molar-refractivity contribution < 1.29 is 17.9 Å². The second-order valence-electron chi connectivity index (χ2n) is 8.80. The standard InChI is InChI=1S/C24H24Cl2N4O4S/c1-15-11-13-30(24(15,2)3)22-17(6-5-12-27-22)23(31)29-35(32,33)21-8-4-7-20(28-21)34-19-10-9-16(25)14-18(19)26/h4-10,12,14-15H,11,13H2,1-3H3,(H,29,31).